The van der Waals surface area contributed by atoms with Gasteiger partial charge in [-0.05, 0) is 43.2 Å². The molecule has 3 rings (SSSR count). The van der Waals surface area contributed by atoms with Crippen LogP contribution in [0.25, 0.3) is 0 Å². The fraction of sp³-hybridized carbons (Fsp3) is 0.483. The van der Waals surface area contributed by atoms with Crippen LogP contribution in [0.1, 0.15) is 57.2 Å². The molecule has 7 nitrogen and oxygen atoms in total. The number of hydrogen-bond acceptors (Lipinski definition) is 4. The first-order valence-electron chi connectivity index (χ1n) is 13.0. The maximum atomic E-state index is 13.3. The molecular formula is C29H40N4O3. The van der Waals surface area contributed by atoms with Crippen molar-refractivity contribution in [3.8, 4) is 0 Å². The van der Waals surface area contributed by atoms with Crippen LogP contribution < -0.4 is 16.4 Å². The first kappa shape index (κ1) is 27.4. The molecule has 7 heteroatoms. The standard InChI is InChI=1S/C29H40N4O3/c1-20(2)18-25(30)29(36)33-16-14-24(15-17-33)27(34)32-26(19-22-10-6-4-7-11-22)28(35)31-21(3)23-12-8-5-9-13-23/h4-13,20-21,24-26H,14-19,30H2,1-3H3,(H,31,35)(H,32,34)/t21-,25+,26+/m1/s1. The average Bonchev–Trinajstić information content (AvgIpc) is 2.88. The maximum Gasteiger partial charge on any atom is 0.243 e. The Morgan fingerprint density at radius 3 is 2.08 bits per heavy atom. The van der Waals surface area contributed by atoms with Gasteiger partial charge in [0.1, 0.15) is 6.04 Å². The second-order valence-electron chi connectivity index (χ2n) is 10.2. The Balaban J connectivity index is 1.61. The highest BCUT2D eigenvalue weighted by molar-refractivity contribution is 5.89. The molecule has 0 spiro atoms. The summed E-state index contributed by atoms with van der Waals surface area (Å²) in [4.78, 5) is 40.9. The maximum absolute atomic E-state index is 13.3. The van der Waals surface area contributed by atoms with Crippen LogP contribution in [0.4, 0.5) is 0 Å². The Kier molecular flexibility index (Phi) is 10.1. The first-order chi connectivity index (χ1) is 17.2. The number of nitrogens with one attached hydrogen (secondary N) is 2. The lowest BCUT2D eigenvalue weighted by Crippen LogP contribution is -2.52. The SMILES string of the molecule is CC(C)C[C@H](N)C(=O)N1CCC(C(=O)N[C@@H](Cc2ccccc2)C(=O)N[C@H](C)c2ccccc2)CC1. The average molecular weight is 493 g/mol. The first-order valence-corrected chi connectivity index (χ1v) is 13.0. The molecule has 3 amide bonds. The molecule has 1 aliphatic rings. The predicted octanol–water partition coefficient (Wildman–Crippen LogP) is 3.20. The van der Waals surface area contributed by atoms with Gasteiger partial charge < -0.3 is 21.3 Å². The molecule has 194 valence electrons. The van der Waals surface area contributed by atoms with Crippen LogP contribution in [0.5, 0.6) is 0 Å². The Morgan fingerprint density at radius 2 is 1.50 bits per heavy atom. The number of carbonyl (C=O) groups is 3. The molecule has 0 saturated carbocycles. The summed E-state index contributed by atoms with van der Waals surface area (Å²) in [5.74, 6) is -0.288. The van der Waals surface area contributed by atoms with Crippen LogP contribution in [0.3, 0.4) is 0 Å². The van der Waals surface area contributed by atoms with Crippen molar-refractivity contribution in [3.63, 3.8) is 0 Å². The molecule has 1 heterocycles. The van der Waals surface area contributed by atoms with Crippen LogP contribution in [0, 0.1) is 11.8 Å². The van der Waals surface area contributed by atoms with Crippen molar-refractivity contribution in [3.05, 3.63) is 71.8 Å². The Labute approximate surface area is 214 Å². The second kappa shape index (κ2) is 13.2. The largest absolute Gasteiger partial charge is 0.348 e. The molecule has 2 aromatic carbocycles. The van der Waals surface area contributed by atoms with Gasteiger partial charge in [-0.25, -0.2) is 0 Å². The summed E-state index contributed by atoms with van der Waals surface area (Å²) in [7, 11) is 0. The Bertz CT molecular complexity index is 988. The van der Waals surface area contributed by atoms with E-state index >= 15 is 0 Å². The van der Waals surface area contributed by atoms with Crippen molar-refractivity contribution < 1.29 is 14.4 Å². The van der Waals surface area contributed by atoms with E-state index in [2.05, 4.69) is 10.6 Å². The summed E-state index contributed by atoms with van der Waals surface area (Å²) in [6.07, 6.45) is 2.18. The van der Waals surface area contributed by atoms with Crippen molar-refractivity contribution in [2.24, 2.45) is 17.6 Å². The van der Waals surface area contributed by atoms with E-state index in [0.717, 1.165) is 11.1 Å². The second-order valence-corrected chi connectivity index (χ2v) is 10.2. The van der Waals surface area contributed by atoms with E-state index in [-0.39, 0.29) is 29.7 Å². The number of likely N-dealkylation sites (tertiary alicyclic amines) is 1. The fourth-order valence-electron chi connectivity index (χ4n) is 4.69. The van der Waals surface area contributed by atoms with E-state index in [9.17, 15) is 14.4 Å². The van der Waals surface area contributed by atoms with E-state index in [1.807, 2.05) is 81.4 Å². The summed E-state index contributed by atoms with van der Waals surface area (Å²) in [6.45, 7) is 7.04. The van der Waals surface area contributed by atoms with Gasteiger partial charge in [-0.15, -0.1) is 0 Å². The van der Waals surface area contributed by atoms with E-state index < -0.39 is 12.1 Å². The van der Waals surface area contributed by atoms with Gasteiger partial charge in [0.2, 0.25) is 17.7 Å². The van der Waals surface area contributed by atoms with Crippen molar-refractivity contribution in [1.82, 2.24) is 15.5 Å². The van der Waals surface area contributed by atoms with Gasteiger partial charge in [-0.1, -0.05) is 74.5 Å². The zero-order valence-corrected chi connectivity index (χ0v) is 21.7. The van der Waals surface area contributed by atoms with Gasteiger partial charge in [0.25, 0.3) is 0 Å². The van der Waals surface area contributed by atoms with Gasteiger partial charge >= 0.3 is 0 Å². The van der Waals surface area contributed by atoms with E-state index in [4.69, 9.17) is 5.73 Å². The van der Waals surface area contributed by atoms with Crippen LogP contribution in [0.2, 0.25) is 0 Å². The third-order valence-corrected chi connectivity index (χ3v) is 6.79. The molecular weight excluding hydrogens is 452 g/mol. The van der Waals surface area contributed by atoms with Crippen LogP contribution in [0.15, 0.2) is 60.7 Å². The predicted molar refractivity (Wildman–Crippen MR) is 142 cm³/mol. The van der Waals surface area contributed by atoms with E-state index in [0.29, 0.717) is 44.7 Å². The van der Waals surface area contributed by atoms with Gasteiger partial charge in [0.15, 0.2) is 0 Å². The topological polar surface area (TPSA) is 105 Å². The number of carbonyl (C=O) groups excluding carboxylic acids is 3. The molecule has 0 aliphatic carbocycles. The molecule has 2 aromatic rings. The minimum atomic E-state index is -0.690. The number of amides is 3. The molecule has 1 saturated heterocycles. The summed E-state index contributed by atoms with van der Waals surface area (Å²) in [5.41, 5.74) is 8.06. The molecule has 0 unspecified atom stereocenters. The Hall–Kier alpha value is -3.19. The lowest BCUT2D eigenvalue weighted by atomic mass is 9.94. The summed E-state index contributed by atoms with van der Waals surface area (Å²) in [6, 6.07) is 18.1. The van der Waals surface area contributed by atoms with Gasteiger partial charge in [0, 0.05) is 25.4 Å². The van der Waals surface area contributed by atoms with Crippen molar-refractivity contribution in [2.45, 2.75) is 64.6 Å². The monoisotopic (exact) mass is 492 g/mol. The molecule has 0 radical (unpaired) electrons. The molecule has 0 bridgehead atoms. The third-order valence-electron chi connectivity index (χ3n) is 6.79. The fourth-order valence-corrected chi connectivity index (χ4v) is 4.69. The molecule has 0 aromatic heterocycles. The minimum absolute atomic E-state index is 0.0428. The smallest absolute Gasteiger partial charge is 0.243 e. The van der Waals surface area contributed by atoms with Gasteiger partial charge in [0.05, 0.1) is 12.1 Å². The highest BCUT2D eigenvalue weighted by Gasteiger charge is 2.32. The van der Waals surface area contributed by atoms with Crippen molar-refractivity contribution >= 4 is 17.7 Å². The van der Waals surface area contributed by atoms with Gasteiger partial charge in [-0.3, -0.25) is 14.4 Å². The number of rotatable bonds is 10. The summed E-state index contributed by atoms with van der Waals surface area (Å²) < 4.78 is 0. The quantitative estimate of drug-likeness (QED) is 0.474. The normalized spacial score (nSPS) is 16.8. The van der Waals surface area contributed by atoms with Crippen LogP contribution in [-0.2, 0) is 20.8 Å². The zero-order chi connectivity index (χ0) is 26.1. The van der Waals surface area contributed by atoms with Crippen molar-refractivity contribution in [1.29, 1.82) is 0 Å². The molecule has 4 N–H and O–H groups in total. The zero-order valence-electron chi connectivity index (χ0n) is 21.7. The molecule has 36 heavy (non-hydrogen) atoms. The third kappa shape index (κ3) is 7.92. The number of nitrogens with two attached hydrogens (primary N) is 1. The summed E-state index contributed by atoms with van der Waals surface area (Å²) >= 11 is 0. The number of piperidine rings is 1. The summed E-state index contributed by atoms with van der Waals surface area (Å²) in [5, 5.41) is 6.06. The lowest BCUT2D eigenvalue weighted by molar-refractivity contribution is -0.137. The molecule has 1 fully saturated rings. The number of hydrogen-bond donors (Lipinski definition) is 3. The van der Waals surface area contributed by atoms with Crippen LogP contribution >= 0.6 is 0 Å². The number of benzene rings is 2. The van der Waals surface area contributed by atoms with Crippen LogP contribution in [-0.4, -0.2) is 47.8 Å². The molecule has 3 atom stereocenters. The van der Waals surface area contributed by atoms with Gasteiger partial charge in [-0.2, -0.15) is 0 Å². The minimum Gasteiger partial charge on any atom is -0.348 e. The van der Waals surface area contributed by atoms with Crippen molar-refractivity contribution in [2.75, 3.05) is 13.1 Å². The highest BCUT2D eigenvalue weighted by Crippen LogP contribution is 2.20. The highest BCUT2D eigenvalue weighted by atomic mass is 16.2. The van der Waals surface area contributed by atoms with E-state index in [1.54, 1.807) is 4.90 Å². The Morgan fingerprint density at radius 1 is 0.917 bits per heavy atom. The molecule has 1 aliphatic heterocycles. The number of nitrogens with zero attached hydrogens (tertiary/aromatic N) is 1. The van der Waals surface area contributed by atoms with E-state index in [1.165, 1.54) is 0 Å². The lowest BCUT2D eigenvalue weighted by Gasteiger charge is -2.34.